The fourth-order valence-corrected chi connectivity index (χ4v) is 4.97. The largest absolute Gasteiger partial charge is 0.378 e. The molecule has 3 aliphatic rings. The van der Waals surface area contributed by atoms with Gasteiger partial charge >= 0.3 is 6.03 Å². The Kier molecular flexibility index (Phi) is 6.06. The Morgan fingerprint density at radius 3 is 2.71 bits per heavy atom. The van der Waals surface area contributed by atoms with E-state index >= 15 is 0 Å². The van der Waals surface area contributed by atoms with Crippen molar-refractivity contribution in [2.75, 3.05) is 44.7 Å². The number of aromatic nitrogens is 1. The van der Waals surface area contributed by atoms with Crippen LogP contribution in [0.5, 0.6) is 0 Å². The Morgan fingerprint density at radius 2 is 1.94 bits per heavy atom. The van der Waals surface area contributed by atoms with Crippen molar-refractivity contribution in [2.45, 2.75) is 26.3 Å². The molecule has 9 nitrogen and oxygen atoms in total. The van der Waals surface area contributed by atoms with Gasteiger partial charge in [-0.25, -0.2) is 9.18 Å². The second kappa shape index (κ2) is 9.18. The lowest BCUT2D eigenvalue weighted by Crippen LogP contribution is -2.48. The number of benzene rings is 1. The van der Waals surface area contributed by atoms with Gasteiger partial charge in [-0.2, -0.15) is 0 Å². The molecule has 2 saturated heterocycles. The number of carbonyl (C=O) groups is 3. The summed E-state index contributed by atoms with van der Waals surface area (Å²) < 4.78 is 19.1. The number of aromatic amines is 1. The molecule has 5 rings (SSSR count). The highest BCUT2D eigenvalue weighted by Crippen LogP contribution is 2.34. The molecule has 184 valence electrons. The van der Waals surface area contributed by atoms with E-state index in [1.54, 1.807) is 22.8 Å². The topological polar surface area (TPSA) is 107 Å². The van der Waals surface area contributed by atoms with E-state index in [2.05, 4.69) is 15.6 Å². The van der Waals surface area contributed by atoms with Crippen LogP contribution in [0, 0.1) is 19.7 Å². The zero-order chi connectivity index (χ0) is 24.7. The van der Waals surface area contributed by atoms with Gasteiger partial charge in [-0.3, -0.25) is 9.59 Å². The van der Waals surface area contributed by atoms with E-state index in [4.69, 9.17) is 4.74 Å². The lowest BCUT2D eigenvalue weighted by molar-refractivity contribution is -0.110. The summed E-state index contributed by atoms with van der Waals surface area (Å²) in [6, 6.07) is 4.00. The van der Waals surface area contributed by atoms with Gasteiger partial charge in [0.15, 0.2) is 0 Å². The maximum atomic E-state index is 13.8. The molecule has 1 atom stereocenters. The Balaban J connectivity index is 1.30. The number of H-pyrrole nitrogens is 1. The van der Waals surface area contributed by atoms with E-state index in [0.717, 1.165) is 0 Å². The lowest BCUT2D eigenvalue weighted by atomic mass is 10.0. The number of hydrogen-bond acceptors (Lipinski definition) is 4. The molecule has 4 amide bonds. The van der Waals surface area contributed by atoms with Crippen LogP contribution in [0.15, 0.2) is 18.2 Å². The third-order valence-electron chi connectivity index (χ3n) is 6.83. The molecule has 3 N–H and O–H groups in total. The molecule has 0 bridgehead atoms. The van der Waals surface area contributed by atoms with Gasteiger partial charge < -0.3 is 30.2 Å². The van der Waals surface area contributed by atoms with Crippen LogP contribution in [0.2, 0.25) is 0 Å². The monoisotopic (exact) mass is 481 g/mol. The number of morpholine rings is 1. The summed E-state index contributed by atoms with van der Waals surface area (Å²) in [5, 5.41) is 5.79. The average Bonchev–Trinajstić information content (AvgIpc) is 3.50. The predicted octanol–water partition coefficient (Wildman–Crippen LogP) is 2.52. The maximum absolute atomic E-state index is 13.8. The summed E-state index contributed by atoms with van der Waals surface area (Å²) >= 11 is 0. The lowest BCUT2D eigenvalue weighted by Gasteiger charge is -2.31. The van der Waals surface area contributed by atoms with E-state index in [-0.39, 0.29) is 23.9 Å². The van der Waals surface area contributed by atoms with Gasteiger partial charge in [0.2, 0.25) is 0 Å². The Morgan fingerprint density at radius 1 is 1.17 bits per heavy atom. The van der Waals surface area contributed by atoms with Crippen LogP contribution >= 0.6 is 0 Å². The number of ether oxygens (including phenoxy) is 1. The molecule has 10 heteroatoms. The summed E-state index contributed by atoms with van der Waals surface area (Å²) in [7, 11) is 0. The number of urea groups is 1. The van der Waals surface area contributed by atoms with Crippen molar-refractivity contribution in [3.05, 3.63) is 52.1 Å². The van der Waals surface area contributed by atoms with Crippen LogP contribution in [-0.2, 0) is 9.53 Å². The maximum Gasteiger partial charge on any atom is 0.320 e. The number of carbonyl (C=O) groups excluding carboxylic acids is 3. The van der Waals surface area contributed by atoms with Crippen LogP contribution in [-0.4, -0.2) is 78.1 Å². The van der Waals surface area contributed by atoms with E-state index in [1.807, 2.05) is 6.92 Å². The van der Waals surface area contributed by atoms with Crippen LogP contribution in [0.25, 0.3) is 11.6 Å². The standard InChI is InChI=1S/C25H28FN5O4/c1-14-21(12-19-18-11-16(26)3-4-20(18)29-23(19)32)27-15(2)22(14)24(33)28-17-5-6-31(13-17)25(34)30-7-9-35-10-8-30/h3-4,11-12,17,27H,5-10,13H2,1-2H3,(H,28,33)(H,29,32)/t17-/m0/s1. The number of amides is 4. The van der Waals surface area contributed by atoms with E-state index in [0.29, 0.717) is 85.2 Å². The number of rotatable bonds is 3. The summed E-state index contributed by atoms with van der Waals surface area (Å²) in [4.78, 5) is 45.1. The van der Waals surface area contributed by atoms with Crippen LogP contribution in [0.3, 0.4) is 0 Å². The minimum Gasteiger partial charge on any atom is -0.378 e. The molecule has 0 unspecified atom stereocenters. The van der Waals surface area contributed by atoms with Gasteiger partial charge in [-0.05, 0) is 50.1 Å². The SMILES string of the molecule is Cc1[nH]c(C=C2C(=O)Nc3ccc(F)cc32)c(C)c1C(=O)N[C@H]1CCN(C(=O)N2CCOCC2)C1. The summed E-state index contributed by atoms with van der Waals surface area (Å²) in [6.45, 7) is 6.93. The highest BCUT2D eigenvalue weighted by Gasteiger charge is 2.32. The van der Waals surface area contributed by atoms with Crippen molar-refractivity contribution >= 4 is 35.2 Å². The number of anilines is 1. The van der Waals surface area contributed by atoms with Gasteiger partial charge in [0.1, 0.15) is 5.82 Å². The Labute approximate surface area is 202 Å². The smallest absolute Gasteiger partial charge is 0.320 e. The van der Waals surface area contributed by atoms with Crippen LogP contribution in [0.4, 0.5) is 14.9 Å². The summed E-state index contributed by atoms with van der Waals surface area (Å²) in [5.41, 5.74) is 3.87. The molecular weight excluding hydrogens is 453 g/mol. The fourth-order valence-electron chi connectivity index (χ4n) is 4.97. The zero-order valence-corrected chi connectivity index (χ0v) is 19.7. The van der Waals surface area contributed by atoms with Crippen molar-refractivity contribution in [1.82, 2.24) is 20.1 Å². The van der Waals surface area contributed by atoms with E-state index < -0.39 is 5.82 Å². The quantitative estimate of drug-likeness (QED) is 0.586. The molecule has 1 aromatic carbocycles. The van der Waals surface area contributed by atoms with Crippen LogP contribution in [0.1, 0.15) is 39.3 Å². The first-order valence-electron chi connectivity index (χ1n) is 11.8. The number of nitrogens with zero attached hydrogens (tertiary/aromatic N) is 2. The third-order valence-corrected chi connectivity index (χ3v) is 6.83. The molecule has 0 aliphatic carbocycles. The first-order valence-corrected chi connectivity index (χ1v) is 11.8. The normalized spacial score (nSPS) is 20.8. The Bertz CT molecular complexity index is 1230. The summed E-state index contributed by atoms with van der Waals surface area (Å²) in [6.07, 6.45) is 2.34. The molecule has 4 heterocycles. The first-order chi connectivity index (χ1) is 16.8. The summed E-state index contributed by atoms with van der Waals surface area (Å²) in [5.74, 6) is -0.976. The molecule has 2 aromatic rings. The molecular formula is C25H28FN5O4. The fraction of sp³-hybridized carbons (Fsp3) is 0.400. The van der Waals surface area contributed by atoms with Gasteiger partial charge in [0, 0.05) is 54.9 Å². The molecule has 2 fully saturated rings. The molecule has 0 radical (unpaired) electrons. The van der Waals surface area contributed by atoms with Crippen molar-refractivity contribution in [1.29, 1.82) is 0 Å². The van der Waals surface area contributed by atoms with E-state index in [9.17, 15) is 18.8 Å². The first kappa shape index (κ1) is 23.1. The van der Waals surface area contributed by atoms with E-state index in [1.165, 1.54) is 18.2 Å². The molecule has 0 saturated carbocycles. The molecule has 3 aliphatic heterocycles. The average molecular weight is 482 g/mol. The minimum atomic E-state index is -0.427. The number of hydrogen-bond donors (Lipinski definition) is 3. The van der Waals surface area contributed by atoms with Crippen molar-refractivity contribution < 1.29 is 23.5 Å². The number of aryl methyl sites for hydroxylation is 1. The predicted molar refractivity (Wildman–Crippen MR) is 128 cm³/mol. The highest BCUT2D eigenvalue weighted by molar-refractivity contribution is 6.34. The van der Waals surface area contributed by atoms with Crippen molar-refractivity contribution in [3.63, 3.8) is 0 Å². The molecule has 0 spiro atoms. The second-order valence-electron chi connectivity index (χ2n) is 9.15. The number of nitrogens with one attached hydrogen (secondary N) is 3. The van der Waals surface area contributed by atoms with Gasteiger partial charge in [0.25, 0.3) is 11.8 Å². The Hall–Kier alpha value is -3.66. The van der Waals surface area contributed by atoms with Crippen LogP contribution < -0.4 is 10.6 Å². The second-order valence-corrected chi connectivity index (χ2v) is 9.15. The molecule has 35 heavy (non-hydrogen) atoms. The molecule has 1 aromatic heterocycles. The number of likely N-dealkylation sites (tertiary alicyclic amines) is 1. The number of halogens is 1. The highest BCUT2D eigenvalue weighted by atomic mass is 19.1. The van der Waals surface area contributed by atoms with Crippen molar-refractivity contribution in [3.8, 4) is 0 Å². The van der Waals surface area contributed by atoms with Gasteiger partial charge in [-0.1, -0.05) is 0 Å². The van der Waals surface area contributed by atoms with Gasteiger partial charge in [0.05, 0.1) is 24.4 Å². The van der Waals surface area contributed by atoms with Gasteiger partial charge in [-0.15, -0.1) is 0 Å². The number of fused-ring (bicyclic) bond motifs is 1. The minimum absolute atomic E-state index is 0.0143. The zero-order valence-electron chi connectivity index (χ0n) is 19.7. The van der Waals surface area contributed by atoms with Crippen molar-refractivity contribution in [2.24, 2.45) is 0 Å². The third kappa shape index (κ3) is 4.41.